The normalized spacial score (nSPS) is 22.0. The lowest BCUT2D eigenvalue weighted by atomic mass is 9.88. The molecule has 1 heterocycles. The van der Waals surface area contributed by atoms with E-state index in [2.05, 4.69) is 18.7 Å². The molecule has 1 aliphatic heterocycles. The van der Waals surface area contributed by atoms with Gasteiger partial charge in [-0.25, -0.2) is 4.39 Å². The van der Waals surface area contributed by atoms with E-state index >= 15 is 0 Å². The average Bonchev–Trinajstić information content (AvgIpc) is 2.32. The third-order valence-electron chi connectivity index (χ3n) is 3.84. The van der Waals surface area contributed by atoms with Crippen LogP contribution in [0, 0.1) is 17.7 Å². The lowest BCUT2D eigenvalue weighted by Crippen LogP contribution is -2.37. The molecule has 2 rings (SSSR count). The summed E-state index contributed by atoms with van der Waals surface area (Å²) in [4.78, 5) is 2.40. The first-order valence-corrected chi connectivity index (χ1v) is 6.62. The number of nitrogens with zero attached hydrogens (tertiary/aromatic N) is 1. The van der Waals surface area contributed by atoms with E-state index in [1.54, 1.807) is 12.1 Å². The largest absolute Gasteiger partial charge is 0.299 e. The van der Waals surface area contributed by atoms with Crippen LogP contribution in [0.5, 0.6) is 0 Å². The van der Waals surface area contributed by atoms with Crippen molar-refractivity contribution >= 4 is 0 Å². The molecule has 1 fully saturated rings. The van der Waals surface area contributed by atoms with E-state index in [1.807, 2.05) is 12.1 Å². The molecule has 17 heavy (non-hydrogen) atoms. The molecule has 1 aliphatic rings. The molecular formula is C15H22FN. The van der Waals surface area contributed by atoms with Crippen molar-refractivity contribution in [2.45, 2.75) is 33.2 Å². The first-order chi connectivity index (χ1) is 8.16. The van der Waals surface area contributed by atoms with Gasteiger partial charge in [0.15, 0.2) is 0 Å². The molecule has 1 atom stereocenters. The molecule has 0 aromatic heterocycles. The zero-order chi connectivity index (χ0) is 12.3. The molecule has 1 saturated heterocycles. The highest BCUT2D eigenvalue weighted by atomic mass is 19.1. The van der Waals surface area contributed by atoms with Gasteiger partial charge in [-0.05, 0) is 37.3 Å². The number of hydrogen-bond acceptors (Lipinski definition) is 1. The molecule has 0 N–H and O–H groups in total. The number of likely N-dealkylation sites (tertiary alicyclic amines) is 1. The van der Waals surface area contributed by atoms with Gasteiger partial charge < -0.3 is 0 Å². The lowest BCUT2D eigenvalue weighted by Gasteiger charge is -2.34. The van der Waals surface area contributed by atoms with Gasteiger partial charge in [0, 0.05) is 18.7 Å². The van der Waals surface area contributed by atoms with Gasteiger partial charge in [-0.15, -0.1) is 0 Å². The standard InChI is InChI=1S/C15H22FN/c1-12(2)13-7-5-9-17(10-13)11-14-6-3-4-8-15(14)16/h3-4,6,8,12-13H,5,7,9-11H2,1-2H3. The van der Waals surface area contributed by atoms with Crippen molar-refractivity contribution in [3.05, 3.63) is 35.6 Å². The second-order valence-electron chi connectivity index (χ2n) is 5.47. The molecule has 1 nitrogen and oxygen atoms in total. The molecule has 1 unspecified atom stereocenters. The Bertz CT molecular complexity index is 362. The lowest BCUT2D eigenvalue weighted by molar-refractivity contribution is 0.138. The minimum absolute atomic E-state index is 0.0702. The van der Waals surface area contributed by atoms with E-state index in [9.17, 15) is 4.39 Å². The maximum Gasteiger partial charge on any atom is 0.127 e. The van der Waals surface area contributed by atoms with Gasteiger partial charge in [0.25, 0.3) is 0 Å². The number of benzene rings is 1. The molecule has 94 valence electrons. The van der Waals surface area contributed by atoms with Gasteiger partial charge in [0.2, 0.25) is 0 Å². The molecule has 1 aromatic rings. The third kappa shape index (κ3) is 3.29. The van der Waals surface area contributed by atoms with Crippen molar-refractivity contribution in [2.75, 3.05) is 13.1 Å². The molecule has 1 aromatic carbocycles. The number of halogens is 1. The summed E-state index contributed by atoms with van der Waals surface area (Å²) in [6.07, 6.45) is 2.57. The van der Waals surface area contributed by atoms with Crippen molar-refractivity contribution < 1.29 is 4.39 Å². The number of rotatable bonds is 3. The van der Waals surface area contributed by atoms with Gasteiger partial charge in [0.05, 0.1) is 0 Å². The Morgan fingerprint density at radius 1 is 1.35 bits per heavy atom. The first kappa shape index (κ1) is 12.6. The molecule has 0 aliphatic carbocycles. The topological polar surface area (TPSA) is 3.24 Å². The molecule has 0 amide bonds. The Morgan fingerprint density at radius 3 is 2.82 bits per heavy atom. The monoisotopic (exact) mass is 235 g/mol. The Hall–Kier alpha value is -0.890. The van der Waals surface area contributed by atoms with Gasteiger partial charge in [-0.2, -0.15) is 0 Å². The average molecular weight is 235 g/mol. The summed E-state index contributed by atoms with van der Waals surface area (Å²) in [5.74, 6) is 1.44. The summed E-state index contributed by atoms with van der Waals surface area (Å²) in [6.45, 7) is 7.56. The maximum atomic E-state index is 13.6. The Morgan fingerprint density at radius 2 is 2.12 bits per heavy atom. The van der Waals surface area contributed by atoms with Crippen LogP contribution in [-0.4, -0.2) is 18.0 Å². The third-order valence-corrected chi connectivity index (χ3v) is 3.84. The fourth-order valence-electron chi connectivity index (χ4n) is 2.65. The van der Waals surface area contributed by atoms with Crippen molar-refractivity contribution in [2.24, 2.45) is 11.8 Å². The second-order valence-corrected chi connectivity index (χ2v) is 5.47. The second kappa shape index (κ2) is 5.63. The summed E-state index contributed by atoms with van der Waals surface area (Å²) in [5, 5.41) is 0. The van der Waals surface area contributed by atoms with Gasteiger partial charge in [0.1, 0.15) is 5.82 Å². The van der Waals surface area contributed by atoms with Crippen LogP contribution in [0.3, 0.4) is 0 Å². The summed E-state index contributed by atoms with van der Waals surface area (Å²) in [7, 11) is 0. The summed E-state index contributed by atoms with van der Waals surface area (Å²) >= 11 is 0. The summed E-state index contributed by atoms with van der Waals surface area (Å²) < 4.78 is 13.6. The molecule has 2 heteroatoms. The van der Waals surface area contributed by atoms with Gasteiger partial charge in [-0.1, -0.05) is 32.0 Å². The highest BCUT2D eigenvalue weighted by molar-refractivity contribution is 5.17. The van der Waals surface area contributed by atoms with Crippen LogP contribution in [0.2, 0.25) is 0 Å². The highest BCUT2D eigenvalue weighted by Gasteiger charge is 2.22. The maximum absolute atomic E-state index is 13.6. The van der Waals surface area contributed by atoms with Crippen LogP contribution in [0.15, 0.2) is 24.3 Å². The Labute approximate surface area is 104 Å². The van der Waals surface area contributed by atoms with Crippen LogP contribution < -0.4 is 0 Å². The molecule has 0 radical (unpaired) electrons. The van der Waals surface area contributed by atoms with E-state index in [-0.39, 0.29) is 5.82 Å². The van der Waals surface area contributed by atoms with Crippen molar-refractivity contribution in [3.63, 3.8) is 0 Å². The molecule has 0 bridgehead atoms. The fraction of sp³-hybridized carbons (Fsp3) is 0.600. The molecular weight excluding hydrogens is 213 g/mol. The zero-order valence-electron chi connectivity index (χ0n) is 10.8. The summed E-state index contributed by atoms with van der Waals surface area (Å²) in [5.41, 5.74) is 0.830. The zero-order valence-corrected chi connectivity index (χ0v) is 10.8. The Balaban J connectivity index is 1.97. The molecule has 0 saturated carbocycles. The quantitative estimate of drug-likeness (QED) is 0.772. The van der Waals surface area contributed by atoms with Gasteiger partial charge >= 0.3 is 0 Å². The van der Waals surface area contributed by atoms with E-state index in [4.69, 9.17) is 0 Å². The number of hydrogen-bond donors (Lipinski definition) is 0. The van der Waals surface area contributed by atoms with Crippen LogP contribution in [0.25, 0.3) is 0 Å². The smallest absolute Gasteiger partial charge is 0.127 e. The first-order valence-electron chi connectivity index (χ1n) is 6.62. The van der Waals surface area contributed by atoms with Crippen molar-refractivity contribution in [3.8, 4) is 0 Å². The van der Waals surface area contributed by atoms with E-state index < -0.39 is 0 Å². The highest BCUT2D eigenvalue weighted by Crippen LogP contribution is 2.24. The predicted molar refractivity (Wildman–Crippen MR) is 69.2 cm³/mol. The molecule has 0 spiro atoms. The SMILES string of the molecule is CC(C)C1CCCN(Cc2ccccc2F)C1. The minimum atomic E-state index is -0.0702. The van der Waals surface area contributed by atoms with E-state index in [1.165, 1.54) is 12.8 Å². The van der Waals surface area contributed by atoms with Crippen molar-refractivity contribution in [1.29, 1.82) is 0 Å². The minimum Gasteiger partial charge on any atom is -0.299 e. The fourth-order valence-corrected chi connectivity index (χ4v) is 2.65. The van der Waals surface area contributed by atoms with Crippen LogP contribution in [0.1, 0.15) is 32.3 Å². The number of piperidine rings is 1. The predicted octanol–water partition coefficient (Wildman–Crippen LogP) is 3.69. The van der Waals surface area contributed by atoms with E-state index in [0.717, 1.165) is 37.0 Å². The van der Waals surface area contributed by atoms with Crippen molar-refractivity contribution in [1.82, 2.24) is 4.90 Å². The van der Waals surface area contributed by atoms with E-state index in [0.29, 0.717) is 0 Å². The van der Waals surface area contributed by atoms with Crippen LogP contribution in [0.4, 0.5) is 4.39 Å². The van der Waals surface area contributed by atoms with Crippen LogP contribution in [-0.2, 0) is 6.54 Å². The Kier molecular flexibility index (Phi) is 4.16. The van der Waals surface area contributed by atoms with Gasteiger partial charge in [-0.3, -0.25) is 4.90 Å². The van der Waals surface area contributed by atoms with Crippen LogP contribution >= 0.6 is 0 Å². The summed E-state index contributed by atoms with van der Waals surface area (Å²) in [6, 6.07) is 7.13.